The Morgan fingerprint density at radius 2 is 1.96 bits per heavy atom. The highest BCUT2D eigenvalue weighted by molar-refractivity contribution is 9.10. The number of morpholine rings is 1. The topological polar surface area (TPSA) is 47.4 Å². The van der Waals surface area contributed by atoms with Crippen molar-refractivity contribution in [2.75, 3.05) is 19.7 Å². The molecule has 28 heavy (non-hydrogen) atoms. The van der Waals surface area contributed by atoms with Crippen molar-refractivity contribution in [2.45, 2.75) is 13.0 Å². The number of carbonyl (C=O) groups excluding carboxylic acids is 1. The van der Waals surface area contributed by atoms with Crippen molar-refractivity contribution < 1.29 is 13.9 Å². The predicted octanol–water partition coefficient (Wildman–Crippen LogP) is 4.30. The fourth-order valence-corrected chi connectivity index (χ4v) is 3.63. The molecule has 2 aromatic carbocycles. The van der Waals surface area contributed by atoms with Gasteiger partial charge in [-0.15, -0.1) is 0 Å². The molecule has 5 nitrogen and oxygen atoms in total. The fourth-order valence-electron chi connectivity index (χ4n) is 3.37. The Labute approximate surface area is 170 Å². The molecule has 1 atom stereocenters. The maximum atomic E-state index is 14.1. The van der Waals surface area contributed by atoms with Crippen LogP contribution in [0.2, 0.25) is 0 Å². The van der Waals surface area contributed by atoms with E-state index in [1.807, 2.05) is 24.3 Å². The number of ether oxygens (including phenoxy) is 1. The molecule has 0 radical (unpaired) electrons. The zero-order valence-electron chi connectivity index (χ0n) is 15.3. The summed E-state index contributed by atoms with van der Waals surface area (Å²) in [5.74, 6) is -0.500. The number of hydrogen-bond donors (Lipinski definition) is 0. The maximum Gasteiger partial charge on any atom is 0.257 e. The Bertz CT molecular complexity index is 1000. The van der Waals surface area contributed by atoms with Crippen LogP contribution in [0.1, 0.15) is 27.7 Å². The highest BCUT2D eigenvalue weighted by Crippen LogP contribution is 2.26. The van der Waals surface area contributed by atoms with Gasteiger partial charge in [-0.3, -0.25) is 4.79 Å². The van der Waals surface area contributed by atoms with Gasteiger partial charge in [0.15, 0.2) is 0 Å². The molecule has 7 heteroatoms. The second-order valence-electron chi connectivity index (χ2n) is 6.67. The van der Waals surface area contributed by atoms with E-state index in [2.05, 4.69) is 21.0 Å². The lowest BCUT2D eigenvalue weighted by atomic mass is 10.1. The summed E-state index contributed by atoms with van der Waals surface area (Å²) in [5, 5.41) is 4.24. The highest BCUT2D eigenvalue weighted by atomic mass is 79.9. The third-order valence-electron chi connectivity index (χ3n) is 4.92. The summed E-state index contributed by atoms with van der Waals surface area (Å²) < 4.78 is 22.4. The number of halogens is 2. The molecule has 0 spiro atoms. The largest absolute Gasteiger partial charge is 0.370 e. The van der Waals surface area contributed by atoms with Crippen molar-refractivity contribution in [3.8, 4) is 5.69 Å². The molecular weight excluding hydrogens is 425 g/mol. The number of rotatable bonds is 3. The van der Waals surface area contributed by atoms with Crippen LogP contribution in [0.4, 0.5) is 4.39 Å². The van der Waals surface area contributed by atoms with Crippen LogP contribution in [0.3, 0.4) is 0 Å². The van der Waals surface area contributed by atoms with Crippen LogP contribution in [0.25, 0.3) is 5.69 Å². The van der Waals surface area contributed by atoms with E-state index in [4.69, 9.17) is 4.74 Å². The van der Waals surface area contributed by atoms with Crippen LogP contribution in [0, 0.1) is 12.7 Å². The number of benzene rings is 2. The van der Waals surface area contributed by atoms with E-state index < -0.39 is 0 Å². The standard InChI is InChI=1S/C21H19BrFN3O2/c1-14-17(12-24-26(14)19-5-3-2-4-18(19)23)21(27)25-10-11-28-20(13-25)15-6-8-16(22)9-7-15/h2-9,12,20H,10-11,13H2,1H3. The molecule has 0 bridgehead atoms. The minimum Gasteiger partial charge on any atom is -0.370 e. The number of hydrogen-bond acceptors (Lipinski definition) is 3. The first-order valence-electron chi connectivity index (χ1n) is 9.00. The Morgan fingerprint density at radius 3 is 2.71 bits per heavy atom. The number of carbonyl (C=O) groups is 1. The van der Waals surface area contributed by atoms with Gasteiger partial charge in [0.1, 0.15) is 17.6 Å². The molecule has 0 aliphatic carbocycles. The Morgan fingerprint density at radius 1 is 1.21 bits per heavy atom. The Balaban J connectivity index is 1.56. The summed E-state index contributed by atoms with van der Waals surface area (Å²) in [6.45, 7) is 3.22. The molecule has 3 aromatic rings. The third-order valence-corrected chi connectivity index (χ3v) is 5.44. The lowest BCUT2D eigenvalue weighted by Crippen LogP contribution is -2.42. The van der Waals surface area contributed by atoms with Crippen LogP contribution in [-0.4, -0.2) is 40.3 Å². The van der Waals surface area contributed by atoms with Crippen molar-refractivity contribution in [2.24, 2.45) is 0 Å². The molecule has 1 fully saturated rings. The minimum absolute atomic E-state index is 0.120. The second-order valence-corrected chi connectivity index (χ2v) is 7.58. The molecule has 0 N–H and O–H groups in total. The first kappa shape index (κ1) is 18.8. The van der Waals surface area contributed by atoms with Crippen molar-refractivity contribution >= 4 is 21.8 Å². The first-order valence-corrected chi connectivity index (χ1v) is 9.80. The van der Waals surface area contributed by atoms with Gasteiger partial charge in [0.2, 0.25) is 0 Å². The van der Waals surface area contributed by atoms with Crippen molar-refractivity contribution in [1.29, 1.82) is 0 Å². The van der Waals surface area contributed by atoms with Crippen LogP contribution in [0.15, 0.2) is 59.2 Å². The smallest absolute Gasteiger partial charge is 0.257 e. The zero-order chi connectivity index (χ0) is 19.7. The van der Waals surface area contributed by atoms with E-state index in [1.54, 1.807) is 30.0 Å². The van der Waals surface area contributed by atoms with Crippen molar-refractivity contribution in [3.05, 3.63) is 81.8 Å². The van der Waals surface area contributed by atoms with E-state index in [0.717, 1.165) is 10.0 Å². The lowest BCUT2D eigenvalue weighted by Gasteiger charge is -2.33. The van der Waals surface area contributed by atoms with Gasteiger partial charge >= 0.3 is 0 Å². The van der Waals surface area contributed by atoms with Crippen LogP contribution < -0.4 is 0 Å². The number of para-hydroxylation sites is 1. The minimum atomic E-state index is -0.380. The van der Waals surface area contributed by atoms with Crippen LogP contribution in [0.5, 0.6) is 0 Å². The number of amides is 1. The van der Waals surface area contributed by atoms with Gasteiger partial charge in [-0.1, -0.05) is 40.2 Å². The summed E-state index contributed by atoms with van der Waals surface area (Å²) >= 11 is 3.43. The van der Waals surface area contributed by atoms with Gasteiger partial charge in [-0.2, -0.15) is 5.10 Å². The molecule has 1 unspecified atom stereocenters. The summed E-state index contributed by atoms with van der Waals surface area (Å²) in [7, 11) is 0. The monoisotopic (exact) mass is 443 g/mol. The van der Waals surface area contributed by atoms with Gasteiger partial charge in [-0.05, 0) is 36.8 Å². The molecule has 1 amide bonds. The molecule has 1 aromatic heterocycles. The third kappa shape index (κ3) is 3.59. The summed E-state index contributed by atoms with van der Waals surface area (Å²) in [5.41, 5.74) is 2.44. The molecule has 0 saturated carbocycles. The SMILES string of the molecule is Cc1c(C(=O)N2CCOC(c3ccc(Br)cc3)C2)cnn1-c1ccccc1F. The maximum absolute atomic E-state index is 14.1. The van der Waals surface area contributed by atoms with E-state index in [9.17, 15) is 9.18 Å². The Kier molecular flexibility index (Phi) is 5.28. The van der Waals surface area contributed by atoms with E-state index in [0.29, 0.717) is 36.6 Å². The van der Waals surface area contributed by atoms with Crippen LogP contribution in [-0.2, 0) is 4.74 Å². The van der Waals surface area contributed by atoms with Crippen molar-refractivity contribution in [1.82, 2.24) is 14.7 Å². The predicted molar refractivity (Wildman–Crippen MR) is 107 cm³/mol. The average molecular weight is 444 g/mol. The first-order chi connectivity index (χ1) is 13.5. The highest BCUT2D eigenvalue weighted by Gasteiger charge is 2.28. The molecule has 2 heterocycles. The van der Waals surface area contributed by atoms with Gasteiger partial charge < -0.3 is 9.64 Å². The number of aromatic nitrogens is 2. The average Bonchev–Trinajstić information content (AvgIpc) is 3.09. The van der Waals surface area contributed by atoms with Gasteiger partial charge in [-0.25, -0.2) is 9.07 Å². The second kappa shape index (κ2) is 7.85. The Hall–Kier alpha value is -2.51. The normalized spacial score (nSPS) is 17.0. The van der Waals surface area contributed by atoms with E-state index in [-0.39, 0.29) is 17.8 Å². The molecular formula is C21H19BrFN3O2. The van der Waals surface area contributed by atoms with Crippen LogP contribution >= 0.6 is 15.9 Å². The molecule has 144 valence electrons. The summed E-state index contributed by atoms with van der Waals surface area (Å²) in [4.78, 5) is 14.9. The van der Waals surface area contributed by atoms with Crippen molar-refractivity contribution in [3.63, 3.8) is 0 Å². The van der Waals surface area contributed by atoms with Gasteiger partial charge in [0.05, 0.1) is 30.6 Å². The number of nitrogens with zero attached hydrogens (tertiary/aromatic N) is 3. The quantitative estimate of drug-likeness (QED) is 0.606. The molecule has 1 aliphatic heterocycles. The zero-order valence-corrected chi connectivity index (χ0v) is 16.9. The molecule has 4 rings (SSSR count). The molecule has 1 aliphatic rings. The summed E-state index contributed by atoms with van der Waals surface area (Å²) in [6.07, 6.45) is 1.33. The molecule has 1 saturated heterocycles. The van der Waals surface area contributed by atoms with Gasteiger partial charge in [0, 0.05) is 11.0 Å². The van der Waals surface area contributed by atoms with Gasteiger partial charge in [0.25, 0.3) is 5.91 Å². The lowest BCUT2D eigenvalue weighted by molar-refractivity contribution is -0.0228. The van der Waals surface area contributed by atoms with E-state index >= 15 is 0 Å². The van der Waals surface area contributed by atoms with E-state index in [1.165, 1.54) is 16.9 Å². The summed E-state index contributed by atoms with van der Waals surface area (Å²) in [6, 6.07) is 14.3. The fraction of sp³-hybridized carbons (Fsp3) is 0.238.